The van der Waals surface area contributed by atoms with Crippen molar-refractivity contribution in [1.29, 1.82) is 5.26 Å². The number of hydrogen-bond donors (Lipinski definition) is 0. The van der Waals surface area contributed by atoms with Crippen LogP contribution in [0.5, 0.6) is 0 Å². The monoisotopic (exact) mass is 357 g/mol. The second-order valence-corrected chi connectivity index (χ2v) is 7.51. The number of aryl methyl sites for hydroxylation is 2. The third-order valence-electron chi connectivity index (χ3n) is 3.87. The van der Waals surface area contributed by atoms with Gasteiger partial charge in [0.05, 0.1) is 0 Å². The van der Waals surface area contributed by atoms with Gasteiger partial charge in [0, 0.05) is 0 Å². The Balaban J connectivity index is 1.75. The van der Waals surface area contributed by atoms with Gasteiger partial charge >= 0.3 is 116 Å². The van der Waals surface area contributed by atoms with Crippen LogP contribution in [-0.4, -0.2) is 15.0 Å². The van der Waals surface area contributed by atoms with E-state index >= 15 is 0 Å². The molecule has 0 aliphatic carbocycles. The minimum Gasteiger partial charge on any atom is -0.0587 e. The molecule has 1 nitrogen and oxygen atoms in total. The number of nitrogens with zero attached hydrogens (tertiary/aromatic N) is 1. The Morgan fingerprint density at radius 2 is 1.41 bits per heavy atom. The molecule has 0 saturated heterocycles. The van der Waals surface area contributed by atoms with E-state index in [2.05, 4.69) is 60.4 Å². The standard InChI is InChI=1S/C20H23NSe/c1-17-7-11-19(12-8-17)20-13-9-18(10-14-20)6-4-2-3-5-15-22-16-21/h7-14H,2-6,15H2,1H3. The van der Waals surface area contributed by atoms with Crippen LogP contribution in [0.25, 0.3) is 11.1 Å². The number of benzene rings is 2. The molecular weight excluding hydrogens is 333 g/mol. The first-order valence-corrected chi connectivity index (χ1v) is 10.0. The normalized spacial score (nSPS) is 10.4. The number of hydrogen-bond acceptors (Lipinski definition) is 1. The molecule has 0 radical (unpaired) electrons. The molecule has 0 amide bonds. The zero-order chi connectivity index (χ0) is 15.6. The summed E-state index contributed by atoms with van der Waals surface area (Å²) in [5.74, 6) is 0. The topological polar surface area (TPSA) is 23.8 Å². The minimum absolute atomic E-state index is 0.214. The van der Waals surface area contributed by atoms with Crippen LogP contribution in [0.4, 0.5) is 0 Å². The van der Waals surface area contributed by atoms with Crippen molar-refractivity contribution in [1.82, 2.24) is 0 Å². The quantitative estimate of drug-likeness (QED) is 0.461. The van der Waals surface area contributed by atoms with Crippen molar-refractivity contribution in [3.63, 3.8) is 0 Å². The summed E-state index contributed by atoms with van der Waals surface area (Å²) in [6, 6.07) is 17.7. The van der Waals surface area contributed by atoms with Gasteiger partial charge in [-0.3, -0.25) is 0 Å². The van der Waals surface area contributed by atoms with Gasteiger partial charge in [0.25, 0.3) is 0 Å². The van der Waals surface area contributed by atoms with Crippen LogP contribution in [0.3, 0.4) is 0 Å². The van der Waals surface area contributed by atoms with Crippen LogP contribution in [-0.2, 0) is 6.42 Å². The first-order valence-electron chi connectivity index (χ1n) is 7.96. The predicted molar refractivity (Wildman–Crippen MR) is 95.0 cm³/mol. The molecule has 0 bridgehead atoms. The molecule has 22 heavy (non-hydrogen) atoms. The van der Waals surface area contributed by atoms with Crippen molar-refractivity contribution in [3.8, 4) is 16.1 Å². The van der Waals surface area contributed by atoms with Gasteiger partial charge in [0.2, 0.25) is 0 Å². The summed E-state index contributed by atoms with van der Waals surface area (Å²) in [6.07, 6.45) is 6.19. The van der Waals surface area contributed by atoms with Crippen LogP contribution in [0.1, 0.15) is 36.8 Å². The van der Waals surface area contributed by atoms with Gasteiger partial charge in [-0.2, -0.15) is 0 Å². The summed E-state index contributed by atoms with van der Waals surface area (Å²) in [5.41, 5.74) is 5.31. The molecule has 0 spiro atoms. The molecule has 0 heterocycles. The molecule has 0 fully saturated rings. The summed E-state index contributed by atoms with van der Waals surface area (Å²) >= 11 is 0.214. The van der Waals surface area contributed by atoms with Crippen LogP contribution < -0.4 is 0 Å². The van der Waals surface area contributed by atoms with Gasteiger partial charge in [-0.05, 0) is 6.92 Å². The average molecular weight is 356 g/mol. The van der Waals surface area contributed by atoms with Crippen molar-refractivity contribution in [2.45, 2.75) is 44.3 Å². The average Bonchev–Trinajstić information content (AvgIpc) is 2.55. The van der Waals surface area contributed by atoms with Gasteiger partial charge in [0.15, 0.2) is 0 Å². The number of unbranched alkanes of at least 4 members (excludes halogenated alkanes) is 3. The van der Waals surface area contributed by atoms with Crippen molar-refractivity contribution >= 4 is 15.0 Å². The van der Waals surface area contributed by atoms with Gasteiger partial charge < -0.3 is 0 Å². The van der Waals surface area contributed by atoms with E-state index in [1.165, 1.54) is 47.9 Å². The second-order valence-electron chi connectivity index (χ2n) is 5.67. The first-order chi connectivity index (χ1) is 10.8. The van der Waals surface area contributed by atoms with Gasteiger partial charge in [-0.15, -0.1) is 0 Å². The van der Waals surface area contributed by atoms with E-state index in [0.717, 1.165) is 11.7 Å². The van der Waals surface area contributed by atoms with Crippen molar-refractivity contribution in [2.75, 3.05) is 0 Å². The molecule has 114 valence electrons. The van der Waals surface area contributed by atoms with Gasteiger partial charge in [-0.25, -0.2) is 0 Å². The molecular formula is C20H23NSe. The number of nitriles is 1. The van der Waals surface area contributed by atoms with Crippen molar-refractivity contribution in [2.24, 2.45) is 0 Å². The third kappa shape index (κ3) is 5.68. The van der Waals surface area contributed by atoms with Crippen molar-refractivity contribution < 1.29 is 0 Å². The van der Waals surface area contributed by atoms with Gasteiger partial charge in [0.1, 0.15) is 0 Å². The van der Waals surface area contributed by atoms with Crippen LogP contribution >= 0.6 is 0 Å². The summed E-state index contributed by atoms with van der Waals surface area (Å²) in [5, 5.41) is 9.63. The Morgan fingerprint density at radius 3 is 2.05 bits per heavy atom. The Bertz CT molecular complexity index is 593. The van der Waals surface area contributed by atoms with Crippen LogP contribution in [0, 0.1) is 17.2 Å². The molecule has 2 aromatic rings. The molecule has 2 heteroatoms. The van der Waals surface area contributed by atoms with Crippen molar-refractivity contribution in [3.05, 3.63) is 59.7 Å². The van der Waals surface area contributed by atoms with E-state index in [1.807, 2.05) is 0 Å². The third-order valence-corrected chi connectivity index (χ3v) is 5.17. The van der Waals surface area contributed by atoms with E-state index < -0.39 is 0 Å². The minimum atomic E-state index is 0.214. The Hall–Kier alpha value is -1.55. The van der Waals surface area contributed by atoms with E-state index in [0.29, 0.717) is 0 Å². The summed E-state index contributed by atoms with van der Waals surface area (Å²) in [7, 11) is 0. The fraction of sp³-hybridized carbons (Fsp3) is 0.350. The molecule has 2 rings (SSSR count). The molecule has 0 aromatic heterocycles. The summed E-state index contributed by atoms with van der Waals surface area (Å²) in [6.45, 7) is 2.12. The van der Waals surface area contributed by atoms with Crippen LogP contribution in [0.15, 0.2) is 48.5 Å². The van der Waals surface area contributed by atoms with E-state index in [9.17, 15) is 0 Å². The summed E-state index contributed by atoms with van der Waals surface area (Å²) < 4.78 is 0. The fourth-order valence-corrected chi connectivity index (χ4v) is 3.44. The maximum absolute atomic E-state index is 8.51. The van der Waals surface area contributed by atoms with E-state index in [-0.39, 0.29) is 15.0 Å². The zero-order valence-electron chi connectivity index (χ0n) is 13.2. The molecule has 0 unspecified atom stereocenters. The summed E-state index contributed by atoms with van der Waals surface area (Å²) in [4.78, 5) is 2.27. The maximum atomic E-state index is 8.51. The first kappa shape index (κ1) is 16.8. The zero-order valence-corrected chi connectivity index (χ0v) is 14.9. The number of rotatable bonds is 8. The fourth-order valence-electron chi connectivity index (χ4n) is 2.51. The van der Waals surface area contributed by atoms with Gasteiger partial charge in [-0.1, -0.05) is 17.7 Å². The van der Waals surface area contributed by atoms with E-state index in [4.69, 9.17) is 5.26 Å². The Kier molecular flexibility index (Phi) is 7.23. The SMILES string of the molecule is Cc1ccc(-c2ccc(CCCCCC[Se]C#N)cc2)cc1. The second kappa shape index (κ2) is 9.46. The molecule has 0 aliphatic rings. The van der Waals surface area contributed by atoms with Crippen LogP contribution in [0.2, 0.25) is 5.32 Å². The predicted octanol–water partition coefficient (Wildman–Crippen LogP) is 5.37. The van der Waals surface area contributed by atoms with E-state index in [1.54, 1.807) is 0 Å². The molecule has 0 atom stereocenters. The molecule has 0 aliphatic heterocycles. The Labute approximate surface area is 140 Å². The molecule has 0 saturated carbocycles. The molecule has 0 N–H and O–H groups in total. The Morgan fingerprint density at radius 1 is 0.818 bits per heavy atom. The smallest absolute Gasteiger partial charge is 0.0587 e. The molecule has 2 aromatic carbocycles.